The highest BCUT2D eigenvalue weighted by Gasteiger charge is 2.21. The van der Waals surface area contributed by atoms with Crippen LogP contribution in [0.4, 0.5) is 5.00 Å². The van der Waals surface area contributed by atoms with E-state index in [1.54, 1.807) is 19.1 Å². The second kappa shape index (κ2) is 8.81. The number of furan rings is 1. The summed E-state index contributed by atoms with van der Waals surface area (Å²) in [6, 6.07) is 3.35. The number of anilines is 1. The van der Waals surface area contributed by atoms with E-state index in [0.29, 0.717) is 21.0 Å². The van der Waals surface area contributed by atoms with Crippen molar-refractivity contribution >= 4 is 56.2 Å². The molecular formula is C17H16BrNO6S. The molecule has 0 aliphatic carbocycles. The van der Waals surface area contributed by atoms with Crippen molar-refractivity contribution in [3.05, 3.63) is 44.6 Å². The van der Waals surface area contributed by atoms with Gasteiger partial charge in [0.15, 0.2) is 11.3 Å². The van der Waals surface area contributed by atoms with Gasteiger partial charge in [-0.15, -0.1) is 11.3 Å². The fraction of sp³-hybridized carbons (Fsp3) is 0.235. The maximum atomic E-state index is 12.0. The molecule has 0 aliphatic heterocycles. The molecule has 2 rings (SSSR count). The second-order valence-corrected chi connectivity index (χ2v) is 7.12. The maximum Gasteiger partial charge on any atom is 0.341 e. The average Bonchev–Trinajstić information content (AvgIpc) is 3.14. The Labute approximate surface area is 162 Å². The molecule has 0 fully saturated rings. The van der Waals surface area contributed by atoms with Crippen LogP contribution in [0.2, 0.25) is 0 Å². The van der Waals surface area contributed by atoms with E-state index in [9.17, 15) is 14.4 Å². The summed E-state index contributed by atoms with van der Waals surface area (Å²) in [4.78, 5) is 36.4. The number of methoxy groups -OCH3 is 1. The number of halogens is 1. The molecule has 0 saturated heterocycles. The Hall–Kier alpha value is -2.39. The Balaban J connectivity index is 1.93. The Bertz CT molecular complexity index is 867. The quantitative estimate of drug-likeness (QED) is 0.542. The summed E-state index contributed by atoms with van der Waals surface area (Å²) in [7, 11) is 1.27. The largest absolute Gasteiger partial charge is 0.465 e. The standard InChI is InChI=1S/C17H16BrNO6S/c1-9-10(2)26-16(15(9)17(22)23-3)19-13(20)8-24-14(21)7-5-11-4-6-12(18)25-11/h4-7H,8H2,1-3H3,(H,19,20). The molecule has 26 heavy (non-hydrogen) atoms. The number of amides is 1. The summed E-state index contributed by atoms with van der Waals surface area (Å²) in [5.74, 6) is -1.32. The van der Waals surface area contributed by atoms with Crippen LogP contribution < -0.4 is 5.32 Å². The van der Waals surface area contributed by atoms with Gasteiger partial charge in [-0.25, -0.2) is 9.59 Å². The molecule has 0 atom stereocenters. The number of rotatable bonds is 6. The van der Waals surface area contributed by atoms with Crippen molar-refractivity contribution in [3.8, 4) is 0 Å². The maximum absolute atomic E-state index is 12.0. The van der Waals surface area contributed by atoms with Crippen LogP contribution in [0.15, 0.2) is 27.3 Å². The van der Waals surface area contributed by atoms with Crippen molar-refractivity contribution in [3.63, 3.8) is 0 Å². The molecule has 1 amide bonds. The normalized spacial score (nSPS) is 10.8. The van der Waals surface area contributed by atoms with Crippen molar-refractivity contribution < 1.29 is 28.3 Å². The van der Waals surface area contributed by atoms with Crippen LogP contribution >= 0.6 is 27.3 Å². The van der Waals surface area contributed by atoms with Gasteiger partial charge in [0.05, 0.1) is 12.7 Å². The van der Waals surface area contributed by atoms with Gasteiger partial charge in [-0.2, -0.15) is 0 Å². The minimum Gasteiger partial charge on any atom is -0.465 e. The van der Waals surface area contributed by atoms with Crippen molar-refractivity contribution in [2.75, 3.05) is 19.0 Å². The van der Waals surface area contributed by atoms with Crippen LogP contribution in [-0.2, 0) is 19.1 Å². The predicted octanol–water partition coefficient (Wildman–Crippen LogP) is 3.70. The highest BCUT2D eigenvalue weighted by atomic mass is 79.9. The first kappa shape index (κ1) is 19.9. The summed E-state index contributed by atoms with van der Waals surface area (Å²) in [6.07, 6.45) is 2.57. The second-order valence-electron chi connectivity index (χ2n) is 5.11. The molecular weight excluding hydrogens is 426 g/mol. The van der Waals surface area contributed by atoms with Crippen LogP contribution in [0.1, 0.15) is 26.6 Å². The summed E-state index contributed by atoms with van der Waals surface area (Å²) in [5.41, 5.74) is 1.04. The van der Waals surface area contributed by atoms with Gasteiger partial charge in [-0.1, -0.05) is 0 Å². The van der Waals surface area contributed by atoms with E-state index in [2.05, 4.69) is 21.2 Å². The third-order valence-corrected chi connectivity index (χ3v) is 4.90. The van der Waals surface area contributed by atoms with Crippen LogP contribution in [0.3, 0.4) is 0 Å². The first-order valence-electron chi connectivity index (χ1n) is 7.40. The molecule has 0 spiro atoms. The van der Waals surface area contributed by atoms with Gasteiger partial charge >= 0.3 is 11.9 Å². The van der Waals surface area contributed by atoms with Crippen molar-refractivity contribution in [1.29, 1.82) is 0 Å². The van der Waals surface area contributed by atoms with Crippen LogP contribution in [-0.4, -0.2) is 31.6 Å². The minimum absolute atomic E-state index is 0.304. The van der Waals surface area contributed by atoms with E-state index >= 15 is 0 Å². The van der Waals surface area contributed by atoms with Gasteiger partial charge < -0.3 is 19.2 Å². The smallest absolute Gasteiger partial charge is 0.341 e. The zero-order chi connectivity index (χ0) is 19.3. The molecule has 9 heteroatoms. The minimum atomic E-state index is -0.695. The molecule has 1 N–H and O–H groups in total. The molecule has 0 saturated carbocycles. The highest BCUT2D eigenvalue weighted by molar-refractivity contribution is 9.10. The van der Waals surface area contributed by atoms with Gasteiger partial charge in [0, 0.05) is 11.0 Å². The third-order valence-electron chi connectivity index (χ3n) is 3.35. The summed E-state index contributed by atoms with van der Waals surface area (Å²) in [6.45, 7) is 3.12. The molecule has 0 radical (unpaired) electrons. The fourth-order valence-corrected chi connectivity index (χ4v) is 3.36. The van der Waals surface area contributed by atoms with Crippen LogP contribution in [0.5, 0.6) is 0 Å². The topological polar surface area (TPSA) is 94.8 Å². The number of esters is 2. The molecule has 2 aromatic heterocycles. The van der Waals surface area contributed by atoms with Crippen molar-refractivity contribution in [1.82, 2.24) is 0 Å². The lowest BCUT2D eigenvalue weighted by Crippen LogP contribution is -2.21. The van der Waals surface area contributed by atoms with E-state index in [1.807, 2.05) is 6.92 Å². The van der Waals surface area contributed by atoms with E-state index in [0.717, 1.165) is 16.5 Å². The summed E-state index contributed by atoms with van der Waals surface area (Å²) >= 11 is 4.40. The number of nitrogens with one attached hydrogen (secondary N) is 1. The molecule has 2 aromatic rings. The molecule has 0 unspecified atom stereocenters. The number of carbonyl (C=O) groups is 3. The zero-order valence-corrected chi connectivity index (χ0v) is 16.7. The lowest BCUT2D eigenvalue weighted by Gasteiger charge is -2.06. The fourth-order valence-electron chi connectivity index (χ4n) is 1.98. The third kappa shape index (κ3) is 5.06. The van der Waals surface area contributed by atoms with Gasteiger partial charge in [0.25, 0.3) is 5.91 Å². The first-order valence-corrected chi connectivity index (χ1v) is 9.01. The molecule has 7 nitrogen and oxygen atoms in total. The average molecular weight is 442 g/mol. The molecule has 138 valence electrons. The SMILES string of the molecule is COC(=O)c1c(NC(=O)COC(=O)C=Cc2ccc(Br)o2)sc(C)c1C. The van der Waals surface area contributed by atoms with E-state index < -0.39 is 24.5 Å². The number of carbonyl (C=O) groups excluding carboxylic acids is 3. The molecule has 0 aromatic carbocycles. The number of thiophene rings is 1. The highest BCUT2D eigenvalue weighted by Crippen LogP contribution is 2.32. The van der Waals surface area contributed by atoms with Gasteiger partial charge in [0.1, 0.15) is 10.8 Å². The van der Waals surface area contributed by atoms with E-state index in [4.69, 9.17) is 13.9 Å². The Morgan fingerprint density at radius 2 is 2.04 bits per heavy atom. The summed E-state index contributed by atoms with van der Waals surface area (Å²) in [5, 5.41) is 2.94. The monoisotopic (exact) mass is 441 g/mol. The number of aryl methyl sites for hydroxylation is 1. The Morgan fingerprint density at radius 3 is 2.65 bits per heavy atom. The van der Waals surface area contributed by atoms with Gasteiger partial charge in [0.2, 0.25) is 0 Å². The Morgan fingerprint density at radius 1 is 1.31 bits per heavy atom. The van der Waals surface area contributed by atoms with E-state index in [-0.39, 0.29) is 0 Å². The van der Waals surface area contributed by atoms with Gasteiger partial charge in [-0.3, -0.25) is 4.79 Å². The lowest BCUT2D eigenvalue weighted by molar-refractivity contribution is -0.142. The number of ether oxygens (including phenoxy) is 2. The zero-order valence-electron chi connectivity index (χ0n) is 14.3. The van der Waals surface area contributed by atoms with Crippen molar-refractivity contribution in [2.45, 2.75) is 13.8 Å². The molecule has 0 aliphatic rings. The number of hydrogen-bond acceptors (Lipinski definition) is 7. The molecule has 0 bridgehead atoms. The Kier molecular flexibility index (Phi) is 6.76. The van der Waals surface area contributed by atoms with E-state index in [1.165, 1.54) is 24.5 Å². The van der Waals surface area contributed by atoms with Crippen LogP contribution in [0, 0.1) is 13.8 Å². The van der Waals surface area contributed by atoms with Crippen molar-refractivity contribution in [2.24, 2.45) is 0 Å². The van der Waals surface area contributed by atoms with Crippen LogP contribution in [0.25, 0.3) is 6.08 Å². The first-order chi connectivity index (χ1) is 12.3. The lowest BCUT2D eigenvalue weighted by atomic mass is 10.1. The number of hydrogen-bond donors (Lipinski definition) is 1. The van der Waals surface area contributed by atoms with Gasteiger partial charge in [-0.05, 0) is 53.5 Å². The molecule has 2 heterocycles. The predicted molar refractivity (Wildman–Crippen MR) is 100 cm³/mol. The summed E-state index contributed by atoms with van der Waals surface area (Å²) < 4.78 is 15.3.